The second-order valence-electron chi connectivity index (χ2n) is 4.47. The minimum atomic E-state index is 0.595. The molecule has 0 aromatic carbocycles. The quantitative estimate of drug-likeness (QED) is 0.570. The van der Waals surface area contributed by atoms with E-state index in [0.717, 1.165) is 11.8 Å². The van der Waals surface area contributed by atoms with Gasteiger partial charge in [-0.05, 0) is 24.7 Å². The van der Waals surface area contributed by atoms with Crippen LogP contribution >= 0.6 is 0 Å². The fourth-order valence-corrected chi connectivity index (χ4v) is 1.52. The summed E-state index contributed by atoms with van der Waals surface area (Å²) < 4.78 is 5.54. The third-order valence-electron chi connectivity index (χ3n) is 2.10. The first-order valence-corrected chi connectivity index (χ1v) is 4.75. The van der Waals surface area contributed by atoms with Crippen LogP contribution in [0.25, 0.3) is 0 Å². The molecule has 1 fully saturated rings. The highest BCUT2D eigenvalue weighted by Crippen LogP contribution is 2.32. The fraction of sp³-hybridized carbons (Fsp3) is 1.00. The van der Waals surface area contributed by atoms with Crippen molar-refractivity contribution in [3.63, 3.8) is 0 Å². The average Bonchev–Trinajstić information content (AvgIpc) is 2.43. The monoisotopic (exact) mass is 156 g/mol. The number of ether oxygens (including phenoxy) is 1. The van der Waals surface area contributed by atoms with Crippen LogP contribution in [0.2, 0.25) is 0 Å². The van der Waals surface area contributed by atoms with Crippen molar-refractivity contribution in [2.75, 3.05) is 0 Å². The summed E-state index contributed by atoms with van der Waals surface area (Å²) in [4.78, 5) is 0. The van der Waals surface area contributed by atoms with E-state index in [2.05, 4.69) is 27.7 Å². The largest absolute Gasteiger partial charge is 0.370 e. The lowest BCUT2D eigenvalue weighted by Crippen LogP contribution is -2.01. The van der Waals surface area contributed by atoms with Crippen LogP contribution in [-0.4, -0.2) is 12.2 Å². The third kappa shape index (κ3) is 3.24. The molecule has 2 atom stereocenters. The maximum Gasteiger partial charge on any atom is 0.0844 e. The Balaban J connectivity index is 2.07. The van der Waals surface area contributed by atoms with E-state index in [0.29, 0.717) is 12.2 Å². The van der Waals surface area contributed by atoms with Crippen molar-refractivity contribution >= 4 is 0 Å². The minimum absolute atomic E-state index is 0.595. The molecule has 0 N–H and O–H groups in total. The van der Waals surface area contributed by atoms with Gasteiger partial charge in [-0.15, -0.1) is 0 Å². The predicted molar refractivity (Wildman–Crippen MR) is 47.6 cm³/mol. The van der Waals surface area contributed by atoms with E-state index in [9.17, 15) is 0 Å². The highest BCUT2D eigenvalue weighted by atomic mass is 16.6. The Morgan fingerprint density at radius 1 is 0.909 bits per heavy atom. The van der Waals surface area contributed by atoms with Crippen LogP contribution in [0.1, 0.15) is 40.5 Å². The van der Waals surface area contributed by atoms with Gasteiger partial charge in [0.25, 0.3) is 0 Å². The molecule has 1 rings (SSSR count). The first-order chi connectivity index (χ1) is 5.09. The van der Waals surface area contributed by atoms with E-state index in [-0.39, 0.29) is 0 Å². The molecular formula is C10H20O. The van der Waals surface area contributed by atoms with Gasteiger partial charge in [-0.2, -0.15) is 0 Å². The maximum atomic E-state index is 5.54. The van der Waals surface area contributed by atoms with Crippen LogP contribution in [0.5, 0.6) is 0 Å². The number of hydrogen-bond donors (Lipinski definition) is 0. The normalized spacial score (nSPS) is 30.0. The molecule has 0 aromatic heterocycles. The van der Waals surface area contributed by atoms with Gasteiger partial charge in [0.05, 0.1) is 12.2 Å². The van der Waals surface area contributed by atoms with Gasteiger partial charge in [0.2, 0.25) is 0 Å². The van der Waals surface area contributed by atoms with E-state index in [4.69, 9.17) is 4.74 Å². The van der Waals surface area contributed by atoms with Crippen molar-refractivity contribution in [1.29, 1.82) is 0 Å². The van der Waals surface area contributed by atoms with Gasteiger partial charge < -0.3 is 4.74 Å². The molecule has 1 saturated heterocycles. The van der Waals surface area contributed by atoms with Gasteiger partial charge in [0.1, 0.15) is 0 Å². The zero-order valence-electron chi connectivity index (χ0n) is 8.13. The summed E-state index contributed by atoms with van der Waals surface area (Å²) in [6.45, 7) is 9.03. The van der Waals surface area contributed by atoms with Crippen molar-refractivity contribution < 1.29 is 4.74 Å². The van der Waals surface area contributed by atoms with Gasteiger partial charge >= 0.3 is 0 Å². The van der Waals surface area contributed by atoms with Gasteiger partial charge in [0.15, 0.2) is 0 Å². The van der Waals surface area contributed by atoms with Crippen LogP contribution in [0.4, 0.5) is 0 Å². The van der Waals surface area contributed by atoms with Crippen molar-refractivity contribution in [1.82, 2.24) is 0 Å². The van der Waals surface area contributed by atoms with Gasteiger partial charge in [-0.3, -0.25) is 0 Å². The molecule has 0 amide bonds. The van der Waals surface area contributed by atoms with Crippen LogP contribution in [0, 0.1) is 11.8 Å². The lowest BCUT2D eigenvalue weighted by atomic mass is 10.0. The summed E-state index contributed by atoms with van der Waals surface area (Å²) in [5.74, 6) is 1.58. The van der Waals surface area contributed by atoms with Gasteiger partial charge in [-0.25, -0.2) is 0 Å². The summed E-state index contributed by atoms with van der Waals surface area (Å²) in [6, 6.07) is 0. The first kappa shape index (κ1) is 9.05. The summed E-state index contributed by atoms with van der Waals surface area (Å²) in [5, 5.41) is 0. The van der Waals surface area contributed by atoms with Crippen molar-refractivity contribution in [3.05, 3.63) is 0 Å². The molecule has 0 saturated carbocycles. The van der Waals surface area contributed by atoms with Gasteiger partial charge in [-0.1, -0.05) is 27.7 Å². The predicted octanol–water partition coefficient (Wildman–Crippen LogP) is 2.85. The SMILES string of the molecule is CC(C)C[C@@H]1O[C@@H]1CC(C)C. The molecule has 1 heteroatoms. The molecule has 1 aliphatic heterocycles. The van der Waals surface area contributed by atoms with E-state index in [1.807, 2.05) is 0 Å². The van der Waals surface area contributed by atoms with Crippen molar-refractivity contribution in [2.24, 2.45) is 11.8 Å². The molecule has 0 bridgehead atoms. The highest BCUT2D eigenvalue weighted by molar-refractivity contribution is 4.85. The van der Waals surface area contributed by atoms with Gasteiger partial charge in [0, 0.05) is 0 Å². The molecule has 1 aliphatic rings. The van der Waals surface area contributed by atoms with E-state index in [1.54, 1.807) is 0 Å². The summed E-state index contributed by atoms with van der Waals surface area (Å²) in [6.07, 6.45) is 3.68. The highest BCUT2D eigenvalue weighted by Gasteiger charge is 2.38. The molecular weight excluding hydrogens is 136 g/mol. The average molecular weight is 156 g/mol. The Kier molecular flexibility index (Phi) is 2.94. The standard InChI is InChI=1S/C10H20O/c1-7(2)5-9-10(11-9)6-8(3)4/h7-10H,5-6H2,1-4H3/t9-,10+. The third-order valence-corrected chi connectivity index (χ3v) is 2.10. The van der Waals surface area contributed by atoms with Crippen LogP contribution in [0.3, 0.4) is 0 Å². The Hall–Kier alpha value is -0.0400. The molecule has 11 heavy (non-hydrogen) atoms. The number of rotatable bonds is 4. The fourth-order valence-electron chi connectivity index (χ4n) is 1.52. The topological polar surface area (TPSA) is 12.5 Å². The van der Waals surface area contributed by atoms with Crippen molar-refractivity contribution in [3.8, 4) is 0 Å². The Bertz CT molecular complexity index is 104. The Labute approximate surface area is 70.1 Å². The maximum absolute atomic E-state index is 5.54. The number of epoxide rings is 1. The molecule has 1 nitrogen and oxygen atoms in total. The zero-order chi connectivity index (χ0) is 8.43. The van der Waals surface area contributed by atoms with Crippen LogP contribution < -0.4 is 0 Å². The molecule has 0 spiro atoms. The molecule has 0 aromatic rings. The summed E-state index contributed by atoms with van der Waals surface area (Å²) >= 11 is 0. The summed E-state index contributed by atoms with van der Waals surface area (Å²) in [5.41, 5.74) is 0. The summed E-state index contributed by atoms with van der Waals surface area (Å²) in [7, 11) is 0. The van der Waals surface area contributed by atoms with E-state index >= 15 is 0 Å². The second-order valence-corrected chi connectivity index (χ2v) is 4.47. The molecule has 0 radical (unpaired) electrons. The lowest BCUT2D eigenvalue weighted by molar-refractivity contribution is 0.330. The molecule has 0 aliphatic carbocycles. The van der Waals surface area contributed by atoms with Crippen molar-refractivity contribution in [2.45, 2.75) is 52.7 Å². The Morgan fingerprint density at radius 2 is 1.27 bits per heavy atom. The smallest absolute Gasteiger partial charge is 0.0844 e. The number of hydrogen-bond acceptors (Lipinski definition) is 1. The van der Waals surface area contributed by atoms with E-state index in [1.165, 1.54) is 12.8 Å². The first-order valence-electron chi connectivity index (χ1n) is 4.75. The van der Waals surface area contributed by atoms with Crippen LogP contribution in [-0.2, 0) is 4.74 Å². The van der Waals surface area contributed by atoms with Crippen LogP contribution in [0.15, 0.2) is 0 Å². The lowest BCUT2D eigenvalue weighted by Gasteiger charge is -2.01. The van der Waals surface area contributed by atoms with E-state index < -0.39 is 0 Å². The zero-order valence-corrected chi connectivity index (χ0v) is 8.13. The Morgan fingerprint density at radius 3 is 1.55 bits per heavy atom. The minimum Gasteiger partial charge on any atom is -0.370 e. The second kappa shape index (κ2) is 3.57. The molecule has 66 valence electrons. The molecule has 1 heterocycles. The molecule has 0 unspecified atom stereocenters.